The van der Waals surface area contributed by atoms with E-state index >= 15 is 0 Å². The number of nitrogens with zero attached hydrogens (tertiary/aromatic N) is 2. The number of ether oxygens (including phenoxy) is 1. The zero-order valence-electron chi connectivity index (χ0n) is 13.3. The predicted octanol–water partition coefficient (Wildman–Crippen LogP) is 2.24. The fourth-order valence-electron chi connectivity index (χ4n) is 2.00. The molecule has 0 aliphatic heterocycles. The standard InChI is InChI=1S/C15H12F2N2O6S/c1-25-15(20)9-18(11-4-7-13(16)14(17)8-11)26(23,24)12-5-2-10(3-6-12)19(21)22/h2-8H,9H2,1H3. The Morgan fingerprint density at radius 1 is 1.15 bits per heavy atom. The first kappa shape index (κ1) is 19.2. The van der Waals surface area contributed by atoms with Gasteiger partial charge in [0.2, 0.25) is 0 Å². The normalized spacial score (nSPS) is 11.0. The highest BCUT2D eigenvalue weighted by Gasteiger charge is 2.28. The van der Waals surface area contributed by atoms with E-state index in [1.54, 1.807) is 0 Å². The molecule has 0 N–H and O–H groups in total. The first-order chi connectivity index (χ1) is 12.2. The number of rotatable bonds is 6. The van der Waals surface area contributed by atoms with Gasteiger partial charge in [0, 0.05) is 18.2 Å². The second kappa shape index (κ2) is 7.44. The molecule has 0 bridgehead atoms. The molecule has 138 valence electrons. The third-order valence-electron chi connectivity index (χ3n) is 3.33. The average Bonchev–Trinajstić information content (AvgIpc) is 2.61. The summed E-state index contributed by atoms with van der Waals surface area (Å²) in [6.07, 6.45) is 0. The van der Waals surface area contributed by atoms with Crippen LogP contribution < -0.4 is 4.31 Å². The van der Waals surface area contributed by atoms with Gasteiger partial charge in [0.15, 0.2) is 11.6 Å². The summed E-state index contributed by atoms with van der Waals surface area (Å²) in [6, 6.07) is 6.17. The van der Waals surface area contributed by atoms with Crippen molar-refractivity contribution in [3.05, 3.63) is 64.2 Å². The molecule has 0 aliphatic rings. The summed E-state index contributed by atoms with van der Waals surface area (Å²) < 4.78 is 57.2. The van der Waals surface area contributed by atoms with Crippen molar-refractivity contribution in [3.8, 4) is 0 Å². The Labute approximate surface area is 146 Å². The molecule has 0 saturated heterocycles. The molecule has 0 saturated carbocycles. The summed E-state index contributed by atoms with van der Waals surface area (Å²) >= 11 is 0. The van der Waals surface area contributed by atoms with Gasteiger partial charge in [-0.05, 0) is 24.3 Å². The van der Waals surface area contributed by atoms with Crippen LogP contribution in [0.4, 0.5) is 20.2 Å². The fraction of sp³-hybridized carbons (Fsp3) is 0.133. The molecule has 26 heavy (non-hydrogen) atoms. The molecule has 0 atom stereocenters. The maximum Gasteiger partial charge on any atom is 0.326 e. The molecule has 0 unspecified atom stereocenters. The molecule has 2 aromatic carbocycles. The first-order valence-electron chi connectivity index (χ1n) is 6.96. The molecule has 0 amide bonds. The summed E-state index contributed by atoms with van der Waals surface area (Å²) in [6.45, 7) is -0.805. The first-order valence-corrected chi connectivity index (χ1v) is 8.40. The number of nitro groups is 1. The highest BCUT2D eigenvalue weighted by molar-refractivity contribution is 7.92. The molecular weight excluding hydrogens is 374 g/mol. The van der Waals surface area contributed by atoms with Crippen LogP contribution in [-0.4, -0.2) is 33.0 Å². The van der Waals surface area contributed by atoms with Crippen molar-refractivity contribution in [2.75, 3.05) is 18.0 Å². The van der Waals surface area contributed by atoms with Gasteiger partial charge in [0.05, 0.1) is 22.6 Å². The summed E-state index contributed by atoms with van der Waals surface area (Å²) in [5, 5.41) is 10.7. The number of carbonyl (C=O) groups excluding carboxylic acids is 1. The Morgan fingerprint density at radius 3 is 2.27 bits per heavy atom. The van der Waals surface area contributed by atoms with Crippen molar-refractivity contribution < 1.29 is 31.7 Å². The number of anilines is 1. The van der Waals surface area contributed by atoms with Crippen LogP contribution in [0.3, 0.4) is 0 Å². The Balaban J connectivity index is 2.53. The molecule has 2 rings (SSSR count). The number of non-ortho nitro benzene ring substituents is 1. The van der Waals surface area contributed by atoms with Gasteiger partial charge in [-0.2, -0.15) is 0 Å². The predicted molar refractivity (Wildman–Crippen MR) is 86.0 cm³/mol. The number of halogens is 2. The molecule has 0 aliphatic carbocycles. The van der Waals surface area contributed by atoms with Gasteiger partial charge in [-0.25, -0.2) is 17.2 Å². The van der Waals surface area contributed by atoms with Crippen molar-refractivity contribution >= 4 is 27.4 Å². The Kier molecular flexibility index (Phi) is 5.50. The quantitative estimate of drug-likeness (QED) is 0.428. The summed E-state index contributed by atoms with van der Waals surface area (Å²) in [7, 11) is -3.38. The minimum atomic E-state index is -4.41. The molecule has 11 heteroatoms. The summed E-state index contributed by atoms with van der Waals surface area (Å²) in [5.41, 5.74) is -0.649. The lowest BCUT2D eigenvalue weighted by Gasteiger charge is -2.23. The highest BCUT2D eigenvalue weighted by Crippen LogP contribution is 2.26. The van der Waals surface area contributed by atoms with Crippen LogP contribution in [-0.2, 0) is 19.6 Å². The number of esters is 1. The second-order valence-electron chi connectivity index (χ2n) is 4.94. The topological polar surface area (TPSA) is 107 Å². The van der Waals surface area contributed by atoms with E-state index in [1.165, 1.54) is 0 Å². The number of hydrogen-bond donors (Lipinski definition) is 0. The van der Waals surface area contributed by atoms with E-state index in [0.29, 0.717) is 16.4 Å². The summed E-state index contributed by atoms with van der Waals surface area (Å²) in [5.74, 6) is -3.45. The molecule has 0 spiro atoms. The third-order valence-corrected chi connectivity index (χ3v) is 5.12. The SMILES string of the molecule is COC(=O)CN(c1ccc(F)c(F)c1)S(=O)(=O)c1ccc([N+](=O)[O-])cc1. The Bertz CT molecular complexity index is 947. The molecule has 8 nitrogen and oxygen atoms in total. The fourth-order valence-corrected chi connectivity index (χ4v) is 3.41. The Hall–Kier alpha value is -3.08. The van der Waals surface area contributed by atoms with Crippen LogP contribution in [0, 0.1) is 21.7 Å². The van der Waals surface area contributed by atoms with E-state index in [4.69, 9.17) is 0 Å². The van der Waals surface area contributed by atoms with Crippen LogP contribution in [0.1, 0.15) is 0 Å². The van der Waals surface area contributed by atoms with Crippen LogP contribution in [0.2, 0.25) is 0 Å². The average molecular weight is 386 g/mol. The molecule has 0 fully saturated rings. The zero-order chi connectivity index (χ0) is 19.5. The van der Waals surface area contributed by atoms with E-state index < -0.39 is 39.1 Å². The molecule has 0 aromatic heterocycles. The van der Waals surface area contributed by atoms with Crippen LogP contribution in [0.15, 0.2) is 47.4 Å². The molecule has 0 heterocycles. The number of benzene rings is 2. The van der Waals surface area contributed by atoms with Crippen molar-refractivity contribution in [2.24, 2.45) is 0 Å². The van der Waals surface area contributed by atoms with E-state index in [9.17, 15) is 32.1 Å². The maximum absolute atomic E-state index is 13.5. The number of methoxy groups -OCH3 is 1. The molecule has 2 aromatic rings. The minimum Gasteiger partial charge on any atom is -0.468 e. The van der Waals surface area contributed by atoms with Gasteiger partial charge < -0.3 is 4.74 Å². The number of sulfonamides is 1. The largest absolute Gasteiger partial charge is 0.468 e. The van der Waals surface area contributed by atoms with Gasteiger partial charge in [-0.15, -0.1) is 0 Å². The van der Waals surface area contributed by atoms with E-state index in [-0.39, 0.29) is 16.3 Å². The molecule has 0 radical (unpaired) electrons. The van der Waals surface area contributed by atoms with Gasteiger partial charge in [-0.1, -0.05) is 0 Å². The lowest BCUT2D eigenvalue weighted by atomic mass is 10.3. The lowest BCUT2D eigenvalue weighted by molar-refractivity contribution is -0.384. The van der Waals surface area contributed by atoms with Crippen molar-refractivity contribution in [1.29, 1.82) is 0 Å². The molecular formula is C15H12F2N2O6S. The van der Waals surface area contributed by atoms with Crippen LogP contribution in [0.25, 0.3) is 0 Å². The minimum absolute atomic E-state index is 0.312. The lowest BCUT2D eigenvalue weighted by Crippen LogP contribution is -2.36. The van der Waals surface area contributed by atoms with E-state index in [0.717, 1.165) is 37.4 Å². The number of nitro benzene ring substituents is 1. The number of hydrogen-bond acceptors (Lipinski definition) is 6. The smallest absolute Gasteiger partial charge is 0.326 e. The Morgan fingerprint density at radius 2 is 1.77 bits per heavy atom. The van der Waals surface area contributed by atoms with Crippen LogP contribution in [0.5, 0.6) is 0 Å². The van der Waals surface area contributed by atoms with E-state index in [1.807, 2.05) is 0 Å². The monoisotopic (exact) mass is 386 g/mol. The summed E-state index contributed by atoms with van der Waals surface area (Å²) in [4.78, 5) is 21.2. The van der Waals surface area contributed by atoms with E-state index in [2.05, 4.69) is 4.74 Å². The van der Waals surface area contributed by atoms with Gasteiger partial charge in [-0.3, -0.25) is 19.2 Å². The highest BCUT2D eigenvalue weighted by atomic mass is 32.2. The van der Waals surface area contributed by atoms with Gasteiger partial charge in [0.25, 0.3) is 15.7 Å². The van der Waals surface area contributed by atoms with Gasteiger partial charge in [0.1, 0.15) is 6.54 Å². The maximum atomic E-state index is 13.5. The zero-order valence-corrected chi connectivity index (χ0v) is 14.1. The number of carbonyl (C=O) groups is 1. The third kappa shape index (κ3) is 3.94. The van der Waals surface area contributed by atoms with Crippen molar-refractivity contribution in [3.63, 3.8) is 0 Å². The second-order valence-corrected chi connectivity index (χ2v) is 6.80. The van der Waals surface area contributed by atoms with Crippen molar-refractivity contribution in [2.45, 2.75) is 4.90 Å². The van der Waals surface area contributed by atoms with Gasteiger partial charge >= 0.3 is 5.97 Å². The van der Waals surface area contributed by atoms with Crippen molar-refractivity contribution in [1.82, 2.24) is 0 Å². The van der Waals surface area contributed by atoms with Crippen LogP contribution >= 0.6 is 0 Å².